The normalized spacial score (nSPS) is 24.8. The SMILES string of the molecule is CC(F)(F)c1ccc([C@H]2C[C@@H](c3nc(C4CC4)no3)CN(C(=O)N3CCS(=O)CC3)C2)cc1. The van der Waals surface area contributed by atoms with E-state index in [1.54, 1.807) is 21.9 Å². The van der Waals surface area contributed by atoms with Gasteiger partial charge in [0.15, 0.2) is 5.82 Å². The highest BCUT2D eigenvalue weighted by atomic mass is 32.2. The van der Waals surface area contributed by atoms with Crippen molar-refractivity contribution in [2.45, 2.75) is 49.9 Å². The molecule has 2 aromatic rings. The van der Waals surface area contributed by atoms with Gasteiger partial charge in [-0.15, -0.1) is 0 Å². The minimum Gasteiger partial charge on any atom is -0.339 e. The summed E-state index contributed by atoms with van der Waals surface area (Å²) in [6.07, 6.45) is 2.84. The molecule has 1 aromatic heterocycles. The first-order valence-corrected chi connectivity index (χ1v) is 13.0. The van der Waals surface area contributed by atoms with Gasteiger partial charge in [-0.3, -0.25) is 4.21 Å². The Bertz CT molecular complexity index is 1030. The number of amides is 2. The van der Waals surface area contributed by atoms with Crippen LogP contribution in [0.25, 0.3) is 0 Å². The van der Waals surface area contributed by atoms with Crippen molar-refractivity contribution in [1.29, 1.82) is 0 Å². The maximum Gasteiger partial charge on any atom is 0.320 e. The van der Waals surface area contributed by atoms with Crippen molar-refractivity contribution in [1.82, 2.24) is 19.9 Å². The summed E-state index contributed by atoms with van der Waals surface area (Å²) in [6.45, 7) is 2.79. The van der Waals surface area contributed by atoms with Crippen molar-refractivity contribution in [2.24, 2.45) is 0 Å². The highest BCUT2D eigenvalue weighted by Gasteiger charge is 2.38. The molecule has 0 spiro atoms. The summed E-state index contributed by atoms with van der Waals surface area (Å²) in [5, 5.41) is 4.14. The Hall–Kier alpha value is -2.36. The molecule has 3 heterocycles. The van der Waals surface area contributed by atoms with Gasteiger partial charge in [0, 0.05) is 72.8 Å². The van der Waals surface area contributed by atoms with Crippen LogP contribution in [0.2, 0.25) is 0 Å². The molecule has 3 fully saturated rings. The molecule has 7 nitrogen and oxygen atoms in total. The summed E-state index contributed by atoms with van der Waals surface area (Å²) in [5.41, 5.74) is 0.881. The Morgan fingerprint density at radius 3 is 2.36 bits per heavy atom. The van der Waals surface area contributed by atoms with E-state index in [4.69, 9.17) is 4.52 Å². The van der Waals surface area contributed by atoms with Gasteiger partial charge in [0.1, 0.15) is 0 Å². The number of aromatic nitrogens is 2. The van der Waals surface area contributed by atoms with Crippen LogP contribution in [-0.2, 0) is 16.7 Å². The molecular weight excluding hydrogens is 450 g/mol. The average Bonchev–Trinajstić information content (AvgIpc) is 3.54. The molecule has 5 rings (SSSR count). The van der Waals surface area contributed by atoms with Crippen LogP contribution in [0.15, 0.2) is 28.8 Å². The van der Waals surface area contributed by atoms with Crippen LogP contribution in [0.3, 0.4) is 0 Å². The van der Waals surface area contributed by atoms with Gasteiger partial charge in [0.25, 0.3) is 5.92 Å². The molecule has 2 aliphatic heterocycles. The number of carbonyl (C=O) groups is 1. The molecule has 0 radical (unpaired) electrons. The summed E-state index contributed by atoms with van der Waals surface area (Å²) >= 11 is 0. The van der Waals surface area contributed by atoms with Gasteiger partial charge in [-0.2, -0.15) is 4.98 Å². The minimum absolute atomic E-state index is 0.0289. The molecule has 1 saturated carbocycles. The molecule has 33 heavy (non-hydrogen) atoms. The van der Waals surface area contributed by atoms with E-state index in [1.807, 2.05) is 0 Å². The molecule has 178 valence electrons. The summed E-state index contributed by atoms with van der Waals surface area (Å²) in [5.74, 6) is -0.430. The lowest BCUT2D eigenvalue weighted by atomic mass is 9.84. The number of benzene rings is 1. The van der Waals surface area contributed by atoms with Crippen molar-refractivity contribution in [3.8, 4) is 0 Å². The van der Waals surface area contributed by atoms with Gasteiger partial charge in [0.05, 0.1) is 5.92 Å². The Kier molecular flexibility index (Phi) is 5.96. The predicted octanol–water partition coefficient (Wildman–Crippen LogP) is 3.82. The van der Waals surface area contributed by atoms with E-state index in [0.717, 1.165) is 31.2 Å². The van der Waals surface area contributed by atoms with Crippen LogP contribution in [-0.4, -0.2) is 67.9 Å². The molecule has 1 aromatic carbocycles. The zero-order valence-electron chi connectivity index (χ0n) is 18.6. The molecule has 0 unspecified atom stereocenters. The first-order chi connectivity index (χ1) is 15.8. The minimum atomic E-state index is -2.90. The fourth-order valence-corrected chi connectivity index (χ4v) is 5.73. The number of piperidine rings is 1. The van der Waals surface area contributed by atoms with Gasteiger partial charge in [-0.05, 0) is 24.8 Å². The van der Waals surface area contributed by atoms with Crippen LogP contribution in [0, 0.1) is 0 Å². The third-order valence-corrected chi connectivity index (χ3v) is 8.08. The Labute approximate surface area is 194 Å². The van der Waals surface area contributed by atoms with Crippen molar-refractivity contribution >= 4 is 16.8 Å². The zero-order valence-corrected chi connectivity index (χ0v) is 19.4. The van der Waals surface area contributed by atoms with Gasteiger partial charge in [-0.25, -0.2) is 13.6 Å². The van der Waals surface area contributed by atoms with E-state index in [-0.39, 0.29) is 23.4 Å². The van der Waals surface area contributed by atoms with E-state index >= 15 is 0 Å². The second-order valence-corrected chi connectivity index (χ2v) is 11.1. The molecule has 0 bridgehead atoms. The Morgan fingerprint density at radius 1 is 1.06 bits per heavy atom. The first-order valence-electron chi connectivity index (χ1n) is 11.5. The summed E-state index contributed by atoms with van der Waals surface area (Å²) < 4.78 is 44.7. The lowest BCUT2D eigenvalue weighted by Crippen LogP contribution is -2.52. The monoisotopic (exact) mass is 478 g/mol. The third-order valence-electron chi connectivity index (χ3n) is 6.81. The lowest BCUT2D eigenvalue weighted by molar-refractivity contribution is 0.0174. The molecule has 2 amide bonds. The van der Waals surface area contributed by atoms with Gasteiger partial charge >= 0.3 is 6.03 Å². The average molecular weight is 479 g/mol. The maximum absolute atomic E-state index is 13.7. The van der Waals surface area contributed by atoms with E-state index in [2.05, 4.69) is 10.1 Å². The van der Waals surface area contributed by atoms with Crippen LogP contribution in [0.5, 0.6) is 0 Å². The fraction of sp³-hybridized carbons (Fsp3) is 0.609. The molecule has 0 N–H and O–H groups in total. The highest BCUT2D eigenvalue weighted by Crippen LogP contribution is 2.41. The van der Waals surface area contributed by atoms with Gasteiger partial charge in [0.2, 0.25) is 5.89 Å². The zero-order chi connectivity index (χ0) is 23.2. The summed E-state index contributed by atoms with van der Waals surface area (Å²) in [4.78, 5) is 21.5. The fourth-order valence-electron chi connectivity index (χ4n) is 4.67. The van der Waals surface area contributed by atoms with Crippen molar-refractivity contribution < 1.29 is 22.3 Å². The standard InChI is InChI=1S/C23H28F2N4O3S/c1-23(24,25)19-6-4-15(5-7-19)17-12-18(21-26-20(27-32-21)16-2-3-16)14-29(13-17)22(30)28-8-10-33(31)11-9-28/h4-7,16-18H,2-3,8-14H2,1H3/t17-,18+/m0/s1. The molecule has 1 aliphatic carbocycles. The molecule has 3 aliphatic rings. The number of hydrogen-bond donors (Lipinski definition) is 0. The Balaban J connectivity index is 1.38. The van der Waals surface area contributed by atoms with E-state index < -0.39 is 16.7 Å². The second-order valence-electron chi connectivity index (χ2n) is 9.43. The topological polar surface area (TPSA) is 79.5 Å². The number of likely N-dealkylation sites (tertiary alicyclic amines) is 1. The smallest absolute Gasteiger partial charge is 0.320 e. The number of rotatable bonds is 4. The number of carbonyl (C=O) groups excluding carboxylic acids is 1. The molecule has 2 atom stereocenters. The third kappa shape index (κ3) is 4.95. The van der Waals surface area contributed by atoms with E-state index in [1.165, 1.54) is 12.1 Å². The van der Waals surface area contributed by atoms with Crippen molar-refractivity contribution in [3.05, 3.63) is 47.1 Å². The predicted molar refractivity (Wildman–Crippen MR) is 119 cm³/mol. The number of alkyl halides is 2. The van der Waals surface area contributed by atoms with Crippen LogP contribution in [0.4, 0.5) is 13.6 Å². The van der Waals surface area contributed by atoms with Crippen LogP contribution >= 0.6 is 0 Å². The number of halogens is 2. The maximum atomic E-state index is 13.7. The van der Waals surface area contributed by atoms with Crippen LogP contribution < -0.4 is 0 Å². The van der Waals surface area contributed by atoms with Crippen molar-refractivity contribution in [3.63, 3.8) is 0 Å². The van der Waals surface area contributed by atoms with E-state index in [0.29, 0.717) is 55.9 Å². The van der Waals surface area contributed by atoms with Crippen LogP contribution in [0.1, 0.15) is 66.8 Å². The second kappa shape index (κ2) is 8.77. The van der Waals surface area contributed by atoms with E-state index in [9.17, 15) is 17.8 Å². The number of hydrogen-bond acceptors (Lipinski definition) is 5. The van der Waals surface area contributed by atoms with Gasteiger partial charge in [-0.1, -0.05) is 29.4 Å². The van der Waals surface area contributed by atoms with Gasteiger partial charge < -0.3 is 14.3 Å². The lowest BCUT2D eigenvalue weighted by Gasteiger charge is -2.40. The first kappa shape index (κ1) is 22.4. The largest absolute Gasteiger partial charge is 0.339 e. The number of nitrogens with zero attached hydrogens (tertiary/aromatic N) is 4. The molecular formula is C23H28F2N4O3S. The Morgan fingerprint density at radius 2 is 1.73 bits per heavy atom. The summed E-state index contributed by atoms with van der Waals surface area (Å²) in [6, 6.07) is 6.30. The number of urea groups is 1. The molecule has 10 heteroatoms. The highest BCUT2D eigenvalue weighted by molar-refractivity contribution is 7.85. The quantitative estimate of drug-likeness (QED) is 0.668. The van der Waals surface area contributed by atoms with Crippen molar-refractivity contribution in [2.75, 3.05) is 37.7 Å². The summed E-state index contributed by atoms with van der Waals surface area (Å²) in [7, 11) is -0.868. The molecule has 2 saturated heterocycles.